The first kappa shape index (κ1) is 15.5. The number of benzene rings is 2. The van der Waals surface area contributed by atoms with Crippen LogP contribution in [0, 0.1) is 0 Å². The fourth-order valence-corrected chi connectivity index (χ4v) is 2.46. The molecule has 2 aromatic carbocycles. The van der Waals surface area contributed by atoms with Crippen LogP contribution in [0.4, 0.5) is 0 Å². The molecule has 0 aliphatic heterocycles. The van der Waals surface area contributed by atoms with Crippen molar-refractivity contribution in [2.45, 2.75) is 0 Å². The maximum atomic E-state index is 12.4. The predicted molar refractivity (Wildman–Crippen MR) is 86.0 cm³/mol. The molecule has 0 unspecified atom stereocenters. The highest BCUT2D eigenvalue weighted by Crippen LogP contribution is 2.49. The van der Waals surface area contributed by atoms with E-state index in [1.807, 2.05) is 0 Å². The fraction of sp³-hybridized carbons (Fsp3) is 0.118. The van der Waals surface area contributed by atoms with Gasteiger partial charge in [0.25, 0.3) is 0 Å². The third kappa shape index (κ3) is 2.26. The summed E-state index contributed by atoms with van der Waals surface area (Å²) < 4.78 is 15.9. The van der Waals surface area contributed by atoms with E-state index in [4.69, 9.17) is 13.9 Å². The van der Waals surface area contributed by atoms with Gasteiger partial charge in [0, 0.05) is 11.6 Å². The number of ether oxygens (including phenoxy) is 2. The molecule has 0 saturated heterocycles. The summed E-state index contributed by atoms with van der Waals surface area (Å²) in [6.07, 6.45) is 0. The standard InChI is InChI=1S/C17H14O7/c1-22-16-14(21)13(20)12-10(19)7-11(24-15(12)17(16)23-2)8-3-5-9(18)6-4-8/h3-7,18,20-21H,1-2H3. The minimum Gasteiger partial charge on any atom is -0.508 e. The van der Waals surface area contributed by atoms with Gasteiger partial charge in [-0.25, -0.2) is 0 Å². The smallest absolute Gasteiger partial charge is 0.211 e. The SMILES string of the molecule is COc1c(O)c(O)c2c(=O)cc(-c3ccc(O)cc3)oc2c1OC. The molecular formula is C17H14O7. The number of rotatable bonds is 3. The Kier molecular flexibility index (Phi) is 3.69. The lowest BCUT2D eigenvalue weighted by molar-refractivity contribution is 0.321. The summed E-state index contributed by atoms with van der Waals surface area (Å²) >= 11 is 0. The van der Waals surface area contributed by atoms with E-state index < -0.39 is 16.9 Å². The minimum atomic E-state index is -0.645. The Morgan fingerprint density at radius 3 is 2.12 bits per heavy atom. The Labute approximate surface area is 135 Å². The van der Waals surface area contributed by atoms with E-state index in [1.54, 1.807) is 12.1 Å². The van der Waals surface area contributed by atoms with E-state index in [-0.39, 0.29) is 34.0 Å². The lowest BCUT2D eigenvalue weighted by Gasteiger charge is -2.14. The average Bonchev–Trinajstić information content (AvgIpc) is 2.57. The van der Waals surface area contributed by atoms with Gasteiger partial charge in [-0.05, 0) is 24.3 Å². The molecule has 0 aliphatic carbocycles. The van der Waals surface area contributed by atoms with Crippen molar-refractivity contribution >= 4 is 11.0 Å². The van der Waals surface area contributed by atoms with Crippen molar-refractivity contribution < 1.29 is 29.2 Å². The summed E-state index contributed by atoms with van der Waals surface area (Å²) in [4.78, 5) is 12.4. The van der Waals surface area contributed by atoms with Gasteiger partial charge in [0.05, 0.1) is 14.2 Å². The van der Waals surface area contributed by atoms with E-state index in [1.165, 1.54) is 32.4 Å². The molecule has 0 saturated carbocycles. The van der Waals surface area contributed by atoms with E-state index >= 15 is 0 Å². The highest BCUT2D eigenvalue weighted by molar-refractivity contribution is 5.95. The van der Waals surface area contributed by atoms with Gasteiger partial charge in [0.15, 0.2) is 16.8 Å². The van der Waals surface area contributed by atoms with Crippen LogP contribution in [0.25, 0.3) is 22.3 Å². The molecule has 3 aromatic rings. The quantitative estimate of drug-likeness (QED) is 0.633. The molecule has 3 rings (SSSR count). The molecule has 0 amide bonds. The number of hydrogen-bond donors (Lipinski definition) is 3. The minimum absolute atomic E-state index is 0.0134. The molecule has 7 nitrogen and oxygen atoms in total. The molecule has 1 heterocycles. The third-order valence-electron chi connectivity index (χ3n) is 3.60. The lowest BCUT2D eigenvalue weighted by atomic mass is 10.1. The van der Waals surface area contributed by atoms with Crippen molar-refractivity contribution in [2.24, 2.45) is 0 Å². The zero-order valence-corrected chi connectivity index (χ0v) is 12.9. The van der Waals surface area contributed by atoms with Gasteiger partial charge >= 0.3 is 0 Å². The largest absolute Gasteiger partial charge is 0.508 e. The van der Waals surface area contributed by atoms with Crippen LogP contribution < -0.4 is 14.9 Å². The molecule has 124 valence electrons. The fourth-order valence-electron chi connectivity index (χ4n) is 2.46. The Hall–Kier alpha value is -3.35. The molecular weight excluding hydrogens is 316 g/mol. The van der Waals surface area contributed by atoms with Gasteiger partial charge in [-0.2, -0.15) is 0 Å². The first-order valence-electron chi connectivity index (χ1n) is 6.91. The van der Waals surface area contributed by atoms with Crippen molar-refractivity contribution in [2.75, 3.05) is 14.2 Å². The zero-order valence-electron chi connectivity index (χ0n) is 12.9. The van der Waals surface area contributed by atoms with E-state index in [9.17, 15) is 20.1 Å². The lowest BCUT2D eigenvalue weighted by Crippen LogP contribution is -2.03. The predicted octanol–water partition coefficient (Wildman–Crippen LogP) is 2.59. The Morgan fingerprint density at radius 1 is 0.917 bits per heavy atom. The monoisotopic (exact) mass is 330 g/mol. The normalized spacial score (nSPS) is 10.8. The van der Waals surface area contributed by atoms with Gasteiger partial charge in [-0.3, -0.25) is 4.79 Å². The second kappa shape index (κ2) is 5.69. The van der Waals surface area contributed by atoms with Crippen LogP contribution in [0.1, 0.15) is 0 Å². The first-order chi connectivity index (χ1) is 11.5. The summed E-state index contributed by atoms with van der Waals surface area (Å²) in [5.41, 5.74) is -0.0753. The molecule has 0 fully saturated rings. The van der Waals surface area contributed by atoms with Crippen LogP contribution in [0.2, 0.25) is 0 Å². The van der Waals surface area contributed by atoms with Crippen LogP contribution in [-0.4, -0.2) is 29.5 Å². The van der Waals surface area contributed by atoms with Crippen molar-refractivity contribution in [1.29, 1.82) is 0 Å². The molecule has 0 aliphatic rings. The molecule has 1 aromatic heterocycles. The van der Waals surface area contributed by atoms with Gasteiger partial charge in [-0.15, -0.1) is 0 Å². The molecule has 0 bridgehead atoms. The van der Waals surface area contributed by atoms with Gasteiger partial charge in [0.1, 0.15) is 16.9 Å². The second-order valence-electron chi connectivity index (χ2n) is 4.99. The van der Waals surface area contributed by atoms with Gasteiger partial charge < -0.3 is 29.2 Å². The first-order valence-corrected chi connectivity index (χ1v) is 6.91. The van der Waals surface area contributed by atoms with Crippen LogP contribution >= 0.6 is 0 Å². The number of phenolic OH excluding ortho intramolecular Hbond substituents is 3. The second-order valence-corrected chi connectivity index (χ2v) is 4.99. The summed E-state index contributed by atoms with van der Waals surface area (Å²) in [5, 5.41) is 29.2. The number of hydrogen-bond acceptors (Lipinski definition) is 7. The summed E-state index contributed by atoms with van der Waals surface area (Å²) in [7, 11) is 2.60. The van der Waals surface area contributed by atoms with E-state index in [0.29, 0.717) is 5.56 Å². The van der Waals surface area contributed by atoms with E-state index in [2.05, 4.69) is 0 Å². The molecule has 0 radical (unpaired) electrons. The number of methoxy groups -OCH3 is 2. The molecule has 3 N–H and O–H groups in total. The Balaban J connectivity index is 2.40. The van der Waals surface area contributed by atoms with Crippen molar-refractivity contribution in [3.8, 4) is 40.1 Å². The highest BCUT2D eigenvalue weighted by atomic mass is 16.5. The summed E-state index contributed by atoms with van der Waals surface area (Å²) in [6, 6.07) is 7.23. The molecule has 24 heavy (non-hydrogen) atoms. The van der Waals surface area contributed by atoms with Crippen molar-refractivity contribution in [3.63, 3.8) is 0 Å². The topological polar surface area (TPSA) is 109 Å². The van der Waals surface area contributed by atoms with Crippen LogP contribution in [-0.2, 0) is 0 Å². The van der Waals surface area contributed by atoms with Crippen molar-refractivity contribution in [3.05, 3.63) is 40.6 Å². The van der Waals surface area contributed by atoms with Crippen LogP contribution in [0.3, 0.4) is 0 Å². The van der Waals surface area contributed by atoms with Crippen LogP contribution in [0.5, 0.6) is 28.7 Å². The molecule has 0 spiro atoms. The van der Waals surface area contributed by atoms with E-state index in [0.717, 1.165) is 0 Å². The zero-order chi connectivity index (χ0) is 17.4. The van der Waals surface area contributed by atoms with Gasteiger partial charge in [-0.1, -0.05) is 0 Å². The van der Waals surface area contributed by atoms with Crippen LogP contribution in [0.15, 0.2) is 39.5 Å². The maximum absolute atomic E-state index is 12.4. The third-order valence-corrected chi connectivity index (χ3v) is 3.60. The maximum Gasteiger partial charge on any atom is 0.211 e. The number of fused-ring (bicyclic) bond motifs is 1. The Morgan fingerprint density at radius 2 is 1.54 bits per heavy atom. The molecule has 0 atom stereocenters. The van der Waals surface area contributed by atoms with Gasteiger partial charge in [0.2, 0.25) is 17.2 Å². The average molecular weight is 330 g/mol. The highest BCUT2D eigenvalue weighted by Gasteiger charge is 2.25. The molecule has 7 heteroatoms. The number of aromatic hydroxyl groups is 3. The summed E-state index contributed by atoms with van der Waals surface area (Å²) in [6.45, 7) is 0. The van der Waals surface area contributed by atoms with Crippen molar-refractivity contribution in [1.82, 2.24) is 0 Å². The Bertz CT molecular complexity index is 971. The number of phenols is 3. The summed E-state index contributed by atoms with van der Waals surface area (Å²) in [5.74, 6) is -1.13.